The topological polar surface area (TPSA) is 21.3 Å². The van der Waals surface area contributed by atoms with E-state index in [1.54, 1.807) is 31.0 Å². The lowest BCUT2D eigenvalue weighted by molar-refractivity contribution is 0.218. The zero-order valence-corrected chi connectivity index (χ0v) is 10.9. The van der Waals surface area contributed by atoms with Gasteiger partial charge >= 0.3 is 0 Å². The van der Waals surface area contributed by atoms with Crippen LogP contribution in [-0.2, 0) is 11.3 Å². The van der Waals surface area contributed by atoms with Gasteiger partial charge in [-0.25, -0.2) is 4.39 Å². The van der Waals surface area contributed by atoms with Crippen LogP contribution in [0, 0.1) is 5.82 Å². The fourth-order valence-electron chi connectivity index (χ4n) is 1.60. The van der Waals surface area contributed by atoms with E-state index in [-0.39, 0.29) is 5.82 Å². The van der Waals surface area contributed by atoms with Crippen LogP contribution >= 0.6 is 11.8 Å². The van der Waals surface area contributed by atoms with Gasteiger partial charge in [0.1, 0.15) is 5.82 Å². The highest BCUT2D eigenvalue weighted by atomic mass is 32.2. The summed E-state index contributed by atoms with van der Waals surface area (Å²) in [5.74, 6) is 0.704. The molecule has 0 heterocycles. The molecule has 1 aliphatic carbocycles. The number of ether oxygens (including phenoxy) is 1. The van der Waals surface area contributed by atoms with Gasteiger partial charge in [-0.2, -0.15) is 0 Å². The molecule has 2 rings (SSSR count). The van der Waals surface area contributed by atoms with Crippen LogP contribution in [0.15, 0.2) is 23.1 Å². The zero-order valence-electron chi connectivity index (χ0n) is 10.0. The first-order chi connectivity index (χ1) is 8.28. The molecule has 4 heteroatoms. The molecule has 1 aromatic rings. The monoisotopic (exact) mass is 255 g/mol. The summed E-state index contributed by atoms with van der Waals surface area (Å²) in [6.07, 6.45) is 2.51. The van der Waals surface area contributed by atoms with Crippen LogP contribution < -0.4 is 5.32 Å². The van der Waals surface area contributed by atoms with Gasteiger partial charge in [-0.1, -0.05) is 0 Å². The van der Waals surface area contributed by atoms with Crippen molar-refractivity contribution in [1.82, 2.24) is 5.32 Å². The third kappa shape index (κ3) is 4.66. The van der Waals surface area contributed by atoms with E-state index < -0.39 is 0 Å². The summed E-state index contributed by atoms with van der Waals surface area (Å²) in [7, 11) is 1.68. The van der Waals surface area contributed by atoms with Crippen molar-refractivity contribution in [3.63, 3.8) is 0 Å². The second-order valence-electron chi connectivity index (χ2n) is 4.29. The molecule has 94 valence electrons. The zero-order chi connectivity index (χ0) is 12.1. The fraction of sp³-hybridized carbons (Fsp3) is 0.538. The molecule has 0 aromatic heterocycles. The van der Waals surface area contributed by atoms with Gasteiger partial charge in [-0.3, -0.25) is 0 Å². The molecule has 1 aromatic carbocycles. The van der Waals surface area contributed by atoms with E-state index in [1.807, 2.05) is 0 Å². The van der Waals surface area contributed by atoms with Gasteiger partial charge in [-0.15, -0.1) is 11.8 Å². The van der Waals surface area contributed by atoms with E-state index in [1.165, 1.54) is 12.8 Å². The summed E-state index contributed by atoms with van der Waals surface area (Å²) >= 11 is 1.63. The Labute approximate surface area is 106 Å². The van der Waals surface area contributed by atoms with E-state index in [4.69, 9.17) is 4.74 Å². The quantitative estimate of drug-likeness (QED) is 0.598. The Bertz CT molecular complexity index is 368. The molecular formula is C13H18FNOS. The maximum atomic E-state index is 13.4. The molecule has 0 amide bonds. The average molecular weight is 255 g/mol. The Morgan fingerprint density at radius 2 is 2.24 bits per heavy atom. The van der Waals surface area contributed by atoms with Crippen molar-refractivity contribution in [3.8, 4) is 0 Å². The lowest BCUT2D eigenvalue weighted by Crippen LogP contribution is -2.15. The lowest BCUT2D eigenvalue weighted by Gasteiger charge is -2.07. The van der Waals surface area contributed by atoms with Crippen LogP contribution in [0.4, 0.5) is 4.39 Å². The SMILES string of the molecule is COCCSc1cc(F)cc(CNC2CC2)c1. The van der Waals surface area contributed by atoms with E-state index in [2.05, 4.69) is 11.4 Å². The van der Waals surface area contributed by atoms with Crippen LogP contribution in [0.3, 0.4) is 0 Å². The molecule has 1 aliphatic rings. The van der Waals surface area contributed by atoms with Crippen molar-refractivity contribution in [2.45, 2.75) is 30.3 Å². The number of halogens is 1. The third-order valence-electron chi connectivity index (χ3n) is 2.66. The van der Waals surface area contributed by atoms with Gasteiger partial charge in [-0.05, 0) is 36.6 Å². The minimum absolute atomic E-state index is 0.153. The third-order valence-corrected chi connectivity index (χ3v) is 3.60. The predicted octanol–water partition coefficient (Wildman–Crippen LogP) is 2.82. The van der Waals surface area contributed by atoms with Crippen LogP contribution in [-0.4, -0.2) is 25.5 Å². The molecular weight excluding hydrogens is 237 g/mol. The van der Waals surface area contributed by atoms with Crippen LogP contribution in [0.5, 0.6) is 0 Å². The number of nitrogens with one attached hydrogen (secondary N) is 1. The summed E-state index contributed by atoms with van der Waals surface area (Å²) in [5.41, 5.74) is 1.02. The number of benzene rings is 1. The molecule has 0 atom stereocenters. The minimum Gasteiger partial charge on any atom is -0.384 e. The molecule has 1 fully saturated rings. The molecule has 1 N–H and O–H groups in total. The van der Waals surface area contributed by atoms with E-state index in [0.29, 0.717) is 12.6 Å². The van der Waals surface area contributed by atoms with Gasteiger partial charge in [0.25, 0.3) is 0 Å². The van der Waals surface area contributed by atoms with Crippen LogP contribution in [0.25, 0.3) is 0 Å². The number of rotatable bonds is 7. The Kier molecular flexibility index (Phi) is 4.83. The minimum atomic E-state index is -0.153. The standard InChI is InChI=1S/C13H18FNOS/c1-16-4-5-17-13-7-10(6-11(14)8-13)9-15-12-2-3-12/h6-8,12,15H,2-5,9H2,1H3. The first-order valence-electron chi connectivity index (χ1n) is 5.92. The van der Waals surface area contributed by atoms with Crippen LogP contribution in [0.1, 0.15) is 18.4 Å². The molecule has 0 aliphatic heterocycles. The first kappa shape index (κ1) is 12.9. The Hall–Kier alpha value is -0.580. The molecule has 0 saturated heterocycles. The average Bonchev–Trinajstić information content (AvgIpc) is 3.10. The van der Waals surface area contributed by atoms with Crippen molar-refractivity contribution >= 4 is 11.8 Å². The molecule has 0 radical (unpaired) electrons. The van der Waals surface area contributed by atoms with Gasteiger partial charge in [0.15, 0.2) is 0 Å². The van der Waals surface area contributed by atoms with Gasteiger partial charge < -0.3 is 10.1 Å². The smallest absolute Gasteiger partial charge is 0.124 e. The molecule has 0 bridgehead atoms. The van der Waals surface area contributed by atoms with Gasteiger partial charge in [0.2, 0.25) is 0 Å². The largest absolute Gasteiger partial charge is 0.384 e. The molecule has 1 saturated carbocycles. The Morgan fingerprint density at radius 3 is 2.94 bits per heavy atom. The van der Waals surface area contributed by atoms with Crippen molar-refractivity contribution in [3.05, 3.63) is 29.6 Å². The predicted molar refractivity (Wildman–Crippen MR) is 68.9 cm³/mol. The second-order valence-corrected chi connectivity index (χ2v) is 5.46. The van der Waals surface area contributed by atoms with Crippen molar-refractivity contribution in [2.75, 3.05) is 19.5 Å². The van der Waals surface area contributed by atoms with Crippen molar-refractivity contribution < 1.29 is 9.13 Å². The highest BCUT2D eigenvalue weighted by molar-refractivity contribution is 7.99. The van der Waals surface area contributed by atoms with E-state index in [0.717, 1.165) is 22.8 Å². The number of thioether (sulfide) groups is 1. The van der Waals surface area contributed by atoms with E-state index >= 15 is 0 Å². The van der Waals surface area contributed by atoms with E-state index in [9.17, 15) is 4.39 Å². The van der Waals surface area contributed by atoms with Gasteiger partial charge in [0.05, 0.1) is 6.61 Å². The summed E-state index contributed by atoms with van der Waals surface area (Å²) in [4.78, 5) is 0.981. The number of hydrogen-bond acceptors (Lipinski definition) is 3. The molecule has 2 nitrogen and oxygen atoms in total. The van der Waals surface area contributed by atoms with Gasteiger partial charge in [0, 0.05) is 30.3 Å². The van der Waals surface area contributed by atoms with Crippen LogP contribution in [0.2, 0.25) is 0 Å². The molecule has 0 unspecified atom stereocenters. The van der Waals surface area contributed by atoms with Crippen molar-refractivity contribution in [2.24, 2.45) is 0 Å². The normalized spacial score (nSPS) is 15.2. The summed E-state index contributed by atoms with van der Waals surface area (Å²) in [5, 5.41) is 3.39. The maximum Gasteiger partial charge on any atom is 0.124 e. The highest BCUT2D eigenvalue weighted by Crippen LogP contribution is 2.23. The number of methoxy groups -OCH3 is 1. The Balaban J connectivity index is 1.90. The maximum absolute atomic E-state index is 13.4. The Morgan fingerprint density at radius 1 is 1.41 bits per heavy atom. The number of hydrogen-bond donors (Lipinski definition) is 1. The lowest BCUT2D eigenvalue weighted by atomic mass is 10.2. The summed E-state index contributed by atoms with van der Waals surface area (Å²) in [6, 6.07) is 5.90. The second kappa shape index (κ2) is 6.38. The molecule has 0 spiro atoms. The highest BCUT2D eigenvalue weighted by Gasteiger charge is 2.20. The first-order valence-corrected chi connectivity index (χ1v) is 6.91. The fourth-order valence-corrected chi connectivity index (χ4v) is 2.51. The molecule has 17 heavy (non-hydrogen) atoms. The van der Waals surface area contributed by atoms with Crippen molar-refractivity contribution in [1.29, 1.82) is 0 Å². The summed E-state index contributed by atoms with van der Waals surface area (Å²) < 4.78 is 18.4. The summed E-state index contributed by atoms with van der Waals surface area (Å²) in [6.45, 7) is 1.46.